The second kappa shape index (κ2) is 7.26. The Labute approximate surface area is 126 Å². The highest BCUT2D eigenvalue weighted by Crippen LogP contribution is 2.25. The maximum absolute atomic E-state index is 13.6. The Bertz CT molecular complexity index is 669. The zero-order valence-corrected chi connectivity index (χ0v) is 11.7. The van der Waals surface area contributed by atoms with Gasteiger partial charge >= 0.3 is 12.0 Å². The molecule has 1 aromatic heterocycles. The van der Waals surface area contributed by atoms with Crippen molar-refractivity contribution in [3.05, 3.63) is 48.0 Å². The highest BCUT2D eigenvalue weighted by atomic mass is 19.1. The topological polar surface area (TPSA) is 94.6 Å². The van der Waals surface area contributed by atoms with E-state index in [2.05, 4.69) is 5.32 Å². The van der Waals surface area contributed by atoms with Crippen molar-refractivity contribution in [1.29, 1.82) is 0 Å². The SMILES string of the molecule is NC(=O)NCCCOC(=O)c1ccc(-c2ccccc2F)o1. The van der Waals surface area contributed by atoms with Crippen molar-refractivity contribution < 1.29 is 23.1 Å². The summed E-state index contributed by atoms with van der Waals surface area (Å²) in [5, 5.41) is 2.37. The van der Waals surface area contributed by atoms with Crippen LogP contribution in [0.3, 0.4) is 0 Å². The number of urea groups is 1. The molecule has 0 radical (unpaired) electrons. The van der Waals surface area contributed by atoms with E-state index in [-0.39, 0.29) is 23.7 Å². The largest absolute Gasteiger partial charge is 0.460 e. The van der Waals surface area contributed by atoms with Crippen molar-refractivity contribution in [2.45, 2.75) is 6.42 Å². The number of primary amides is 1. The van der Waals surface area contributed by atoms with Gasteiger partial charge < -0.3 is 20.2 Å². The standard InChI is InChI=1S/C15H15FN2O4/c16-11-5-2-1-4-10(11)12-6-7-13(22-12)14(19)21-9-3-8-18-15(17)20/h1-2,4-7H,3,8-9H2,(H3,17,18,20). The van der Waals surface area contributed by atoms with Gasteiger partial charge in [-0.25, -0.2) is 14.0 Å². The molecule has 7 heteroatoms. The van der Waals surface area contributed by atoms with Gasteiger partial charge in [-0.15, -0.1) is 0 Å². The van der Waals surface area contributed by atoms with Gasteiger partial charge in [0.1, 0.15) is 11.6 Å². The number of furan rings is 1. The number of carbonyl (C=O) groups is 2. The molecule has 0 aliphatic heterocycles. The van der Waals surface area contributed by atoms with Crippen LogP contribution in [0.15, 0.2) is 40.8 Å². The molecular weight excluding hydrogens is 291 g/mol. The quantitative estimate of drug-likeness (QED) is 0.632. The molecule has 2 aromatic rings. The third-order valence-corrected chi connectivity index (χ3v) is 2.80. The van der Waals surface area contributed by atoms with E-state index in [1.165, 1.54) is 18.2 Å². The van der Waals surface area contributed by atoms with Gasteiger partial charge in [-0.3, -0.25) is 0 Å². The number of nitrogens with one attached hydrogen (secondary N) is 1. The Morgan fingerprint density at radius 2 is 2.00 bits per heavy atom. The number of ether oxygens (including phenoxy) is 1. The molecule has 1 heterocycles. The van der Waals surface area contributed by atoms with Gasteiger partial charge in [0, 0.05) is 6.54 Å². The van der Waals surface area contributed by atoms with Crippen LogP contribution >= 0.6 is 0 Å². The van der Waals surface area contributed by atoms with Crippen molar-refractivity contribution >= 4 is 12.0 Å². The fraction of sp³-hybridized carbons (Fsp3) is 0.200. The predicted molar refractivity (Wildman–Crippen MR) is 76.6 cm³/mol. The summed E-state index contributed by atoms with van der Waals surface area (Å²) in [5.74, 6) is -0.850. The fourth-order valence-electron chi connectivity index (χ4n) is 1.77. The summed E-state index contributed by atoms with van der Waals surface area (Å²) in [7, 11) is 0. The normalized spacial score (nSPS) is 10.2. The molecule has 0 atom stereocenters. The van der Waals surface area contributed by atoms with E-state index in [1.807, 2.05) is 0 Å². The molecule has 0 unspecified atom stereocenters. The Hall–Kier alpha value is -2.83. The summed E-state index contributed by atoms with van der Waals surface area (Å²) < 4.78 is 23.9. The molecule has 0 bridgehead atoms. The van der Waals surface area contributed by atoms with Crippen molar-refractivity contribution in [1.82, 2.24) is 5.32 Å². The minimum Gasteiger partial charge on any atom is -0.460 e. The summed E-state index contributed by atoms with van der Waals surface area (Å²) in [5.41, 5.74) is 5.16. The molecule has 1 aromatic carbocycles. The molecular formula is C15H15FN2O4. The molecule has 0 aliphatic rings. The van der Waals surface area contributed by atoms with E-state index >= 15 is 0 Å². The van der Waals surface area contributed by atoms with Crippen molar-refractivity contribution in [2.24, 2.45) is 5.73 Å². The minimum absolute atomic E-state index is 0.0129. The van der Waals surface area contributed by atoms with Crippen LogP contribution in [-0.4, -0.2) is 25.2 Å². The van der Waals surface area contributed by atoms with E-state index in [9.17, 15) is 14.0 Å². The van der Waals surface area contributed by atoms with E-state index in [1.54, 1.807) is 18.2 Å². The van der Waals surface area contributed by atoms with E-state index in [0.29, 0.717) is 13.0 Å². The number of hydrogen-bond acceptors (Lipinski definition) is 4. The van der Waals surface area contributed by atoms with Crippen molar-refractivity contribution in [2.75, 3.05) is 13.2 Å². The van der Waals surface area contributed by atoms with Crippen LogP contribution in [0.2, 0.25) is 0 Å². The summed E-state index contributed by atoms with van der Waals surface area (Å²) in [4.78, 5) is 22.2. The maximum Gasteiger partial charge on any atom is 0.374 e. The Kier molecular flexibility index (Phi) is 5.13. The lowest BCUT2D eigenvalue weighted by atomic mass is 10.1. The second-order valence-corrected chi connectivity index (χ2v) is 4.42. The van der Waals surface area contributed by atoms with Gasteiger partial charge in [0.25, 0.3) is 0 Å². The predicted octanol–water partition coefficient (Wildman–Crippen LogP) is 2.30. The molecule has 0 fully saturated rings. The first kappa shape index (κ1) is 15.6. The summed E-state index contributed by atoms with van der Waals surface area (Å²) in [6, 6.07) is 8.39. The molecule has 6 nitrogen and oxygen atoms in total. The Balaban J connectivity index is 1.90. The van der Waals surface area contributed by atoms with E-state index in [0.717, 1.165) is 0 Å². The lowest BCUT2D eigenvalue weighted by molar-refractivity contribution is 0.0466. The summed E-state index contributed by atoms with van der Waals surface area (Å²) in [6.45, 7) is 0.413. The number of amides is 2. The van der Waals surface area contributed by atoms with Gasteiger partial charge in [-0.1, -0.05) is 12.1 Å². The molecule has 2 rings (SSSR count). The fourth-order valence-corrected chi connectivity index (χ4v) is 1.77. The number of carbonyl (C=O) groups excluding carboxylic acids is 2. The zero-order chi connectivity index (χ0) is 15.9. The summed E-state index contributed by atoms with van der Waals surface area (Å²) >= 11 is 0. The minimum atomic E-state index is -0.651. The van der Waals surface area contributed by atoms with Crippen LogP contribution in [-0.2, 0) is 4.74 Å². The average Bonchev–Trinajstić information content (AvgIpc) is 2.96. The number of rotatable bonds is 6. The maximum atomic E-state index is 13.6. The highest BCUT2D eigenvalue weighted by molar-refractivity contribution is 5.87. The molecule has 2 amide bonds. The average molecular weight is 306 g/mol. The molecule has 3 N–H and O–H groups in total. The first-order valence-electron chi connectivity index (χ1n) is 6.63. The highest BCUT2D eigenvalue weighted by Gasteiger charge is 2.15. The molecule has 0 saturated carbocycles. The Morgan fingerprint density at radius 3 is 2.73 bits per heavy atom. The number of hydrogen-bond donors (Lipinski definition) is 2. The van der Waals surface area contributed by atoms with Gasteiger partial charge in [0.05, 0.1) is 12.2 Å². The molecule has 22 heavy (non-hydrogen) atoms. The lowest BCUT2D eigenvalue weighted by Crippen LogP contribution is -2.30. The monoisotopic (exact) mass is 306 g/mol. The van der Waals surface area contributed by atoms with Gasteiger partial charge in [0.2, 0.25) is 5.76 Å². The first-order chi connectivity index (χ1) is 10.6. The molecule has 0 aliphatic carbocycles. The van der Waals surface area contributed by atoms with Gasteiger partial charge in [-0.2, -0.15) is 0 Å². The van der Waals surface area contributed by atoms with E-state index < -0.39 is 17.8 Å². The number of nitrogens with two attached hydrogens (primary N) is 1. The second-order valence-electron chi connectivity index (χ2n) is 4.42. The molecule has 0 saturated heterocycles. The van der Waals surface area contributed by atoms with Crippen LogP contribution in [0.4, 0.5) is 9.18 Å². The smallest absolute Gasteiger partial charge is 0.374 e. The molecule has 116 valence electrons. The zero-order valence-electron chi connectivity index (χ0n) is 11.7. The van der Waals surface area contributed by atoms with Crippen molar-refractivity contribution in [3.63, 3.8) is 0 Å². The first-order valence-corrected chi connectivity index (χ1v) is 6.63. The molecule has 0 spiro atoms. The number of esters is 1. The number of halogens is 1. The number of benzene rings is 1. The van der Waals surface area contributed by atoms with Gasteiger partial charge in [0.15, 0.2) is 0 Å². The van der Waals surface area contributed by atoms with Crippen LogP contribution in [0, 0.1) is 5.82 Å². The van der Waals surface area contributed by atoms with Crippen LogP contribution in [0.5, 0.6) is 0 Å². The van der Waals surface area contributed by atoms with Gasteiger partial charge in [-0.05, 0) is 30.7 Å². The Morgan fingerprint density at radius 1 is 1.23 bits per heavy atom. The third kappa shape index (κ3) is 4.08. The van der Waals surface area contributed by atoms with E-state index in [4.69, 9.17) is 14.9 Å². The lowest BCUT2D eigenvalue weighted by Gasteiger charge is -2.03. The van der Waals surface area contributed by atoms with Crippen LogP contribution in [0.25, 0.3) is 11.3 Å². The third-order valence-electron chi connectivity index (χ3n) is 2.80. The van der Waals surface area contributed by atoms with Crippen LogP contribution in [0.1, 0.15) is 17.0 Å². The van der Waals surface area contributed by atoms with Crippen LogP contribution < -0.4 is 11.1 Å². The van der Waals surface area contributed by atoms with Crippen molar-refractivity contribution in [3.8, 4) is 11.3 Å². The summed E-state index contributed by atoms with van der Waals surface area (Å²) in [6.07, 6.45) is 0.426.